The first-order chi connectivity index (χ1) is 12.6. The summed E-state index contributed by atoms with van der Waals surface area (Å²) in [7, 11) is 1.25. The molecular weight excluding hydrogens is 352 g/mol. The van der Waals surface area contributed by atoms with Crippen molar-refractivity contribution < 1.29 is 23.9 Å². The fourth-order valence-electron chi connectivity index (χ4n) is 2.91. The number of nitrogens with one attached hydrogen (secondary N) is 2. The lowest BCUT2D eigenvalue weighted by molar-refractivity contribution is -0.146. The molecule has 3 atom stereocenters. The highest BCUT2D eigenvalue weighted by atomic mass is 16.5. The Hall–Kier alpha value is -2.16. The van der Waals surface area contributed by atoms with E-state index in [0.29, 0.717) is 19.4 Å². The quantitative estimate of drug-likeness (QED) is 0.479. The number of methoxy groups -OCH3 is 1. The first-order valence-corrected chi connectivity index (χ1v) is 9.31. The molecule has 4 N–H and O–H groups in total. The van der Waals surface area contributed by atoms with Crippen LogP contribution in [0.2, 0.25) is 0 Å². The highest BCUT2D eigenvalue weighted by molar-refractivity contribution is 5.93. The standard InChI is InChI=1S/C18H32N4O5/c1-10(2)14(19)17(25)22-8-6-7-12(22)16(24)20-9-13(23)21-15(11(3)4)18(26)27-5/h10-12,14-15H,6-9,19H2,1-5H3,(H,20,24)(H,21,23)/t12-,14-,15-/m0/s1. The van der Waals surface area contributed by atoms with Crippen LogP contribution in [-0.2, 0) is 23.9 Å². The molecule has 27 heavy (non-hydrogen) atoms. The Kier molecular flexibility index (Phi) is 8.68. The predicted molar refractivity (Wildman–Crippen MR) is 99.3 cm³/mol. The molecule has 0 aromatic carbocycles. The van der Waals surface area contributed by atoms with E-state index in [-0.39, 0.29) is 24.3 Å². The van der Waals surface area contributed by atoms with Gasteiger partial charge in [0.1, 0.15) is 12.1 Å². The summed E-state index contributed by atoms with van der Waals surface area (Å²) in [6, 6.07) is -2.07. The minimum atomic E-state index is -0.784. The van der Waals surface area contributed by atoms with Gasteiger partial charge in [0.05, 0.1) is 19.7 Å². The molecule has 0 bridgehead atoms. The van der Waals surface area contributed by atoms with Crippen LogP contribution < -0.4 is 16.4 Å². The third-order valence-corrected chi connectivity index (χ3v) is 4.70. The summed E-state index contributed by atoms with van der Waals surface area (Å²) < 4.78 is 4.67. The second-order valence-electron chi connectivity index (χ2n) is 7.49. The van der Waals surface area contributed by atoms with E-state index in [1.807, 2.05) is 13.8 Å². The van der Waals surface area contributed by atoms with Crippen molar-refractivity contribution in [2.45, 2.75) is 58.7 Å². The summed E-state index contributed by atoms with van der Waals surface area (Å²) in [5, 5.41) is 5.09. The van der Waals surface area contributed by atoms with Crippen molar-refractivity contribution in [3.63, 3.8) is 0 Å². The van der Waals surface area contributed by atoms with Gasteiger partial charge in [-0.15, -0.1) is 0 Å². The number of hydrogen-bond donors (Lipinski definition) is 3. The Morgan fingerprint density at radius 1 is 1.15 bits per heavy atom. The van der Waals surface area contributed by atoms with E-state index in [2.05, 4.69) is 15.4 Å². The molecule has 0 spiro atoms. The predicted octanol–water partition coefficient (Wildman–Crippen LogP) is -0.609. The topological polar surface area (TPSA) is 131 Å². The van der Waals surface area contributed by atoms with Gasteiger partial charge < -0.3 is 26.0 Å². The normalized spacial score (nSPS) is 19.0. The zero-order chi connectivity index (χ0) is 20.7. The van der Waals surface area contributed by atoms with Gasteiger partial charge in [0, 0.05) is 6.54 Å². The van der Waals surface area contributed by atoms with Crippen LogP contribution in [0.25, 0.3) is 0 Å². The molecule has 0 aromatic rings. The van der Waals surface area contributed by atoms with E-state index < -0.39 is 35.9 Å². The molecule has 9 nitrogen and oxygen atoms in total. The van der Waals surface area contributed by atoms with Crippen molar-refractivity contribution in [3.8, 4) is 0 Å². The second kappa shape index (κ2) is 10.2. The lowest BCUT2D eigenvalue weighted by Crippen LogP contribution is -2.54. The third kappa shape index (κ3) is 6.20. The number of rotatable bonds is 8. The summed E-state index contributed by atoms with van der Waals surface area (Å²) >= 11 is 0. The van der Waals surface area contributed by atoms with Gasteiger partial charge in [-0.05, 0) is 24.7 Å². The average molecular weight is 384 g/mol. The highest BCUT2D eigenvalue weighted by Gasteiger charge is 2.37. The van der Waals surface area contributed by atoms with Gasteiger partial charge in [0.15, 0.2) is 0 Å². The molecule has 0 aromatic heterocycles. The molecule has 0 aliphatic carbocycles. The summed E-state index contributed by atoms with van der Waals surface area (Å²) in [4.78, 5) is 50.2. The van der Waals surface area contributed by atoms with Gasteiger partial charge in [0.25, 0.3) is 0 Å². The molecule has 1 aliphatic heterocycles. The Balaban J connectivity index is 2.61. The summed E-state index contributed by atoms with van der Waals surface area (Å²) in [5.41, 5.74) is 5.92. The summed E-state index contributed by atoms with van der Waals surface area (Å²) in [6.45, 7) is 7.45. The first-order valence-electron chi connectivity index (χ1n) is 9.31. The Morgan fingerprint density at radius 2 is 1.78 bits per heavy atom. The number of esters is 1. The van der Waals surface area contributed by atoms with E-state index in [1.54, 1.807) is 13.8 Å². The van der Waals surface area contributed by atoms with E-state index in [1.165, 1.54) is 12.0 Å². The Labute approximate surface area is 160 Å². The molecule has 3 amide bonds. The molecule has 0 saturated carbocycles. The van der Waals surface area contributed by atoms with E-state index in [0.717, 1.165) is 0 Å². The Morgan fingerprint density at radius 3 is 2.30 bits per heavy atom. The molecule has 1 fully saturated rings. The largest absolute Gasteiger partial charge is 0.467 e. The fourth-order valence-corrected chi connectivity index (χ4v) is 2.91. The van der Waals surface area contributed by atoms with Crippen LogP contribution in [0.4, 0.5) is 0 Å². The number of likely N-dealkylation sites (tertiary alicyclic amines) is 1. The zero-order valence-corrected chi connectivity index (χ0v) is 16.8. The SMILES string of the molecule is COC(=O)[C@@H](NC(=O)CNC(=O)[C@@H]1CCCN1C(=O)[C@@H](N)C(C)C)C(C)C. The lowest BCUT2D eigenvalue weighted by atomic mass is 10.0. The van der Waals surface area contributed by atoms with Gasteiger partial charge in [-0.2, -0.15) is 0 Å². The maximum Gasteiger partial charge on any atom is 0.328 e. The number of carbonyl (C=O) groups excluding carboxylic acids is 4. The first kappa shape index (κ1) is 22.9. The van der Waals surface area contributed by atoms with Gasteiger partial charge in [-0.25, -0.2) is 4.79 Å². The van der Waals surface area contributed by atoms with E-state index in [4.69, 9.17) is 5.73 Å². The van der Waals surface area contributed by atoms with Crippen LogP contribution in [0, 0.1) is 11.8 Å². The number of nitrogens with zero attached hydrogens (tertiary/aromatic N) is 1. The van der Waals surface area contributed by atoms with Gasteiger partial charge in [0.2, 0.25) is 17.7 Å². The zero-order valence-electron chi connectivity index (χ0n) is 16.8. The van der Waals surface area contributed by atoms with Crippen LogP contribution in [-0.4, -0.2) is 66.9 Å². The second-order valence-corrected chi connectivity index (χ2v) is 7.49. The molecule has 1 rings (SSSR count). The number of nitrogens with two attached hydrogens (primary N) is 1. The van der Waals surface area contributed by atoms with Crippen molar-refractivity contribution in [3.05, 3.63) is 0 Å². The number of hydrogen-bond acceptors (Lipinski definition) is 6. The van der Waals surface area contributed by atoms with Crippen molar-refractivity contribution in [1.29, 1.82) is 0 Å². The van der Waals surface area contributed by atoms with Crippen LogP contribution in [0.15, 0.2) is 0 Å². The highest BCUT2D eigenvalue weighted by Crippen LogP contribution is 2.19. The van der Waals surface area contributed by atoms with Gasteiger partial charge in [-0.1, -0.05) is 27.7 Å². The maximum atomic E-state index is 12.5. The maximum absolute atomic E-state index is 12.5. The Bertz CT molecular complexity index is 564. The van der Waals surface area contributed by atoms with E-state index >= 15 is 0 Å². The molecule has 0 radical (unpaired) electrons. The minimum absolute atomic E-state index is 0.0288. The van der Waals surface area contributed by atoms with Crippen molar-refractivity contribution in [2.75, 3.05) is 20.2 Å². The fraction of sp³-hybridized carbons (Fsp3) is 0.778. The van der Waals surface area contributed by atoms with Crippen LogP contribution in [0.1, 0.15) is 40.5 Å². The van der Waals surface area contributed by atoms with Crippen molar-refractivity contribution >= 4 is 23.7 Å². The molecule has 9 heteroatoms. The molecule has 154 valence electrons. The molecule has 1 heterocycles. The smallest absolute Gasteiger partial charge is 0.328 e. The number of amides is 3. The van der Waals surface area contributed by atoms with Crippen LogP contribution in [0.3, 0.4) is 0 Å². The molecular formula is C18H32N4O5. The molecule has 0 unspecified atom stereocenters. The van der Waals surface area contributed by atoms with Crippen molar-refractivity contribution in [1.82, 2.24) is 15.5 Å². The van der Waals surface area contributed by atoms with Crippen molar-refractivity contribution in [2.24, 2.45) is 17.6 Å². The molecule has 1 aliphatic rings. The summed E-state index contributed by atoms with van der Waals surface area (Å²) in [6.07, 6.45) is 1.24. The lowest BCUT2D eigenvalue weighted by Gasteiger charge is -2.28. The molecule has 1 saturated heterocycles. The monoisotopic (exact) mass is 384 g/mol. The summed E-state index contributed by atoms with van der Waals surface area (Å²) in [5.74, 6) is -1.87. The number of ether oxygens (including phenoxy) is 1. The van der Waals surface area contributed by atoms with E-state index in [9.17, 15) is 19.2 Å². The average Bonchev–Trinajstić information content (AvgIpc) is 3.11. The van der Waals surface area contributed by atoms with Crippen LogP contribution in [0.5, 0.6) is 0 Å². The third-order valence-electron chi connectivity index (χ3n) is 4.70. The van der Waals surface area contributed by atoms with Gasteiger partial charge in [-0.3, -0.25) is 14.4 Å². The minimum Gasteiger partial charge on any atom is -0.467 e. The van der Waals surface area contributed by atoms with Crippen LogP contribution >= 0.6 is 0 Å². The van der Waals surface area contributed by atoms with Gasteiger partial charge >= 0.3 is 5.97 Å². The number of carbonyl (C=O) groups is 4.